The van der Waals surface area contributed by atoms with Crippen LogP contribution in [0.3, 0.4) is 0 Å². The summed E-state index contributed by atoms with van der Waals surface area (Å²) in [5, 5.41) is 4.29. The average Bonchev–Trinajstić information content (AvgIpc) is 3.20. The van der Waals surface area contributed by atoms with Crippen LogP contribution in [0.4, 0.5) is 0 Å². The van der Waals surface area contributed by atoms with Crippen molar-refractivity contribution in [3.05, 3.63) is 53.9 Å². The van der Waals surface area contributed by atoms with E-state index in [2.05, 4.69) is 28.2 Å². The number of hydrogen-bond acceptors (Lipinski definition) is 4. The molecule has 0 aliphatic carbocycles. The smallest absolute Gasteiger partial charge is 0.236 e. The Bertz CT molecular complexity index is 775. The topological polar surface area (TPSA) is 50.6 Å². The Morgan fingerprint density at radius 3 is 2.41 bits per heavy atom. The predicted octanol–water partition coefficient (Wildman–Crippen LogP) is 2.81. The van der Waals surface area contributed by atoms with E-state index in [9.17, 15) is 4.79 Å². The van der Waals surface area contributed by atoms with Gasteiger partial charge in [-0.15, -0.1) is 0 Å². The zero-order chi connectivity index (χ0) is 20.1. The molecule has 0 bridgehead atoms. The van der Waals surface area contributed by atoms with Crippen molar-refractivity contribution in [2.45, 2.75) is 44.3 Å². The van der Waals surface area contributed by atoms with Crippen molar-refractivity contribution in [3.8, 4) is 0 Å². The lowest BCUT2D eigenvalue weighted by Crippen LogP contribution is -2.47. The van der Waals surface area contributed by atoms with Crippen molar-refractivity contribution in [2.75, 3.05) is 32.7 Å². The van der Waals surface area contributed by atoms with E-state index in [0.29, 0.717) is 19.1 Å². The first kappa shape index (κ1) is 20.1. The number of aromatic nitrogens is 2. The highest BCUT2D eigenvalue weighted by atomic mass is 16.5. The van der Waals surface area contributed by atoms with Gasteiger partial charge >= 0.3 is 0 Å². The standard InChI is InChI=1S/C23H32N4O2/c1-25-22(7-12-24-25)20-8-13-26(14-9-20)17-23(28)27-15-10-21(11-16-27)29-18-19-5-3-2-4-6-19/h2-7,12,20-21H,8-11,13-18H2,1H3. The van der Waals surface area contributed by atoms with Crippen LogP contribution in [0, 0.1) is 0 Å². The van der Waals surface area contributed by atoms with Crippen molar-refractivity contribution < 1.29 is 9.53 Å². The predicted molar refractivity (Wildman–Crippen MR) is 112 cm³/mol. The fourth-order valence-corrected chi connectivity index (χ4v) is 4.52. The Morgan fingerprint density at radius 2 is 1.76 bits per heavy atom. The van der Waals surface area contributed by atoms with Crippen LogP contribution in [0.5, 0.6) is 0 Å². The third-order valence-corrected chi connectivity index (χ3v) is 6.35. The van der Waals surface area contributed by atoms with Crippen LogP contribution in [0.15, 0.2) is 42.6 Å². The molecule has 2 aliphatic heterocycles. The second-order valence-electron chi connectivity index (χ2n) is 8.31. The zero-order valence-corrected chi connectivity index (χ0v) is 17.4. The summed E-state index contributed by atoms with van der Waals surface area (Å²) in [4.78, 5) is 17.1. The van der Waals surface area contributed by atoms with Crippen LogP contribution in [0.25, 0.3) is 0 Å². The molecule has 3 heterocycles. The van der Waals surface area contributed by atoms with Crippen molar-refractivity contribution >= 4 is 5.91 Å². The van der Waals surface area contributed by atoms with Crippen molar-refractivity contribution in [1.29, 1.82) is 0 Å². The fraction of sp³-hybridized carbons (Fsp3) is 0.565. The van der Waals surface area contributed by atoms with Gasteiger partial charge in [-0.1, -0.05) is 30.3 Å². The minimum atomic E-state index is 0.258. The van der Waals surface area contributed by atoms with Gasteiger partial charge in [-0.05, 0) is 50.4 Å². The molecule has 2 saturated heterocycles. The van der Waals surface area contributed by atoms with Crippen LogP contribution in [-0.2, 0) is 23.2 Å². The largest absolute Gasteiger partial charge is 0.373 e. The van der Waals surface area contributed by atoms with Crippen LogP contribution >= 0.6 is 0 Å². The third kappa shape index (κ3) is 5.25. The molecule has 1 aromatic heterocycles. The highest BCUT2D eigenvalue weighted by Crippen LogP contribution is 2.27. The molecule has 0 radical (unpaired) electrons. The lowest BCUT2D eigenvalue weighted by molar-refractivity contribution is -0.135. The highest BCUT2D eigenvalue weighted by molar-refractivity contribution is 5.78. The van der Waals surface area contributed by atoms with Crippen LogP contribution in [0.2, 0.25) is 0 Å². The molecule has 2 aliphatic rings. The Labute approximate surface area is 173 Å². The summed E-state index contributed by atoms with van der Waals surface area (Å²) in [6, 6.07) is 12.4. The first-order valence-corrected chi connectivity index (χ1v) is 10.8. The van der Waals surface area contributed by atoms with E-state index in [4.69, 9.17) is 4.74 Å². The van der Waals surface area contributed by atoms with Gasteiger partial charge in [-0.2, -0.15) is 5.10 Å². The van der Waals surface area contributed by atoms with Crippen molar-refractivity contribution in [3.63, 3.8) is 0 Å². The van der Waals surface area contributed by atoms with Crippen LogP contribution < -0.4 is 0 Å². The molecule has 6 heteroatoms. The second kappa shape index (κ2) is 9.55. The number of ether oxygens (including phenoxy) is 1. The Hall–Kier alpha value is -2.18. The number of aryl methyl sites for hydroxylation is 1. The lowest BCUT2D eigenvalue weighted by atomic mass is 9.93. The number of carbonyl (C=O) groups excluding carboxylic acids is 1. The number of rotatable bonds is 6. The second-order valence-corrected chi connectivity index (χ2v) is 8.31. The van der Waals surface area contributed by atoms with Crippen LogP contribution in [0.1, 0.15) is 42.9 Å². The van der Waals surface area contributed by atoms with Crippen molar-refractivity contribution in [2.24, 2.45) is 7.05 Å². The van der Waals surface area contributed by atoms with Gasteiger partial charge in [0, 0.05) is 37.9 Å². The Morgan fingerprint density at radius 1 is 1.03 bits per heavy atom. The molecule has 0 unspecified atom stereocenters. The number of carbonyl (C=O) groups is 1. The molecular weight excluding hydrogens is 364 g/mol. The quantitative estimate of drug-likeness (QED) is 0.753. The van der Waals surface area contributed by atoms with Gasteiger partial charge in [0.05, 0.1) is 19.3 Å². The molecule has 1 aromatic carbocycles. The minimum Gasteiger partial charge on any atom is -0.373 e. The average molecular weight is 397 g/mol. The number of benzene rings is 1. The van der Waals surface area contributed by atoms with E-state index in [0.717, 1.165) is 51.9 Å². The molecule has 2 aromatic rings. The normalized spacial score (nSPS) is 19.6. The summed E-state index contributed by atoms with van der Waals surface area (Å²) in [6.07, 6.45) is 6.19. The highest BCUT2D eigenvalue weighted by Gasteiger charge is 2.27. The van der Waals surface area contributed by atoms with E-state index in [1.165, 1.54) is 11.3 Å². The Kier molecular flexibility index (Phi) is 6.62. The fourth-order valence-electron chi connectivity index (χ4n) is 4.52. The number of amides is 1. The number of likely N-dealkylation sites (tertiary alicyclic amines) is 2. The molecule has 2 fully saturated rings. The number of piperidine rings is 2. The van der Waals surface area contributed by atoms with Crippen LogP contribution in [-0.4, -0.2) is 64.3 Å². The zero-order valence-electron chi connectivity index (χ0n) is 17.4. The monoisotopic (exact) mass is 396 g/mol. The molecule has 29 heavy (non-hydrogen) atoms. The maximum Gasteiger partial charge on any atom is 0.236 e. The molecule has 6 nitrogen and oxygen atoms in total. The summed E-state index contributed by atoms with van der Waals surface area (Å²) >= 11 is 0. The molecule has 4 rings (SSSR count). The SMILES string of the molecule is Cn1nccc1C1CCN(CC(=O)N2CCC(OCc3ccccc3)CC2)CC1. The summed E-state index contributed by atoms with van der Waals surface area (Å²) in [5.74, 6) is 0.830. The molecule has 0 atom stereocenters. The van der Waals surface area contributed by atoms with E-state index >= 15 is 0 Å². The van der Waals surface area contributed by atoms with Gasteiger partial charge in [-0.25, -0.2) is 0 Å². The van der Waals surface area contributed by atoms with E-state index < -0.39 is 0 Å². The maximum atomic E-state index is 12.7. The minimum absolute atomic E-state index is 0.258. The first-order valence-electron chi connectivity index (χ1n) is 10.8. The molecule has 0 saturated carbocycles. The van der Waals surface area contributed by atoms with Gasteiger partial charge in [0.2, 0.25) is 5.91 Å². The summed E-state index contributed by atoms with van der Waals surface area (Å²) in [7, 11) is 2.01. The van der Waals surface area contributed by atoms with E-state index in [1.807, 2.05) is 41.0 Å². The Balaban J connectivity index is 1.16. The van der Waals surface area contributed by atoms with Gasteiger partial charge in [-0.3, -0.25) is 14.4 Å². The van der Waals surface area contributed by atoms with Crippen molar-refractivity contribution in [1.82, 2.24) is 19.6 Å². The van der Waals surface area contributed by atoms with Gasteiger partial charge < -0.3 is 9.64 Å². The number of nitrogens with zero attached hydrogens (tertiary/aromatic N) is 4. The van der Waals surface area contributed by atoms with E-state index in [-0.39, 0.29) is 12.0 Å². The third-order valence-electron chi connectivity index (χ3n) is 6.35. The van der Waals surface area contributed by atoms with Gasteiger partial charge in [0.25, 0.3) is 0 Å². The van der Waals surface area contributed by atoms with Gasteiger partial charge in [0.1, 0.15) is 0 Å². The first-order chi connectivity index (χ1) is 14.2. The van der Waals surface area contributed by atoms with Gasteiger partial charge in [0.15, 0.2) is 0 Å². The molecule has 156 valence electrons. The summed E-state index contributed by atoms with van der Waals surface area (Å²) < 4.78 is 8.03. The number of hydrogen-bond donors (Lipinski definition) is 0. The lowest BCUT2D eigenvalue weighted by Gasteiger charge is -2.35. The summed E-state index contributed by atoms with van der Waals surface area (Å²) in [6.45, 7) is 4.79. The molecule has 0 spiro atoms. The molecule has 0 N–H and O–H groups in total. The summed E-state index contributed by atoms with van der Waals surface area (Å²) in [5.41, 5.74) is 2.52. The van der Waals surface area contributed by atoms with E-state index in [1.54, 1.807) is 0 Å². The maximum absolute atomic E-state index is 12.7. The molecule has 1 amide bonds. The molecular formula is C23H32N4O2.